The highest BCUT2D eigenvalue weighted by atomic mass is 16.5. The third-order valence-electron chi connectivity index (χ3n) is 4.96. The number of rotatable bonds is 1. The zero-order valence-electron chi connectivity index (χ0n) is 14.4. The van der Waals surface area contributed by atoms with Gasteiger partial charge in [-0.15, -0.1) is 0 Å². The van der Waals surface area contributed by atoms with E-state index in [1.54, 1.807) is 18.5 Å². The second-order valence-corrected chi connectivity index (χ2v) is 6.64. The van der Waals surface area contributed by atoms with Gasteiger partial charge >= 0.3 is 11.6 Å². The molecule has 0 bridgehead atoms. The molecule has 1 aliphatic heterocycles. The van der Waals surface area contributed by atoms with Crippen molar-refractivity contribution in [1.29, 1.82) is 0 Å². The summed E-state index contributed by atoms with van der Waals surface area (Å²) < 4.78 is 11.0. The lowest BCUT2D eigenvalue weighted by atomic mass is 9.85. The van der Waals surface area contributed by atoms with Crippen LogP contribution in [0.5, 0.6) is 5.75 Å². The Balaban J connectivity index is 1.80. The Bertz CT molecular complexity index is 1290. The van der Waals surface area contributed by atoms with Crippen LogP contribution in [0.4, 0.5) is 0 Å². The van der Waals surface area contributed by atoms with Gasteiger partial charge in [-0.1, -0.05) is 6.07 Å². The highest BCUT2D eigenvalue weighted by Crippen LogP contribution is 2.43. The quantitative estimate of drug-likeness (QED) is 0.294. The molecule has 4 aromatic rings. The van der Waals surface area contributed by atoms with Crippen LogP contribution in [-0.2, 0) is 4.79 Å². The highest BCUT2D eigenvalue weighted by molar-refractivity contribution is 5.90. The number of fused-ring (bicyclic) bond motifs is 4. The molecule has 0 amide bonds. The van der Waals surface area contributed by atoms with E-state index >= 15 is 0 Å². The molecule has 1 aliphatic rings. The Labute approximate surface area is 153 Å². The molecule has 0 fully saturated rings. The minimum Gasteiger partial charge on any atom is -0.426 e. The number of ether oxygens (including phenoxy) is 1. The van der Waals surface area contributed by atoms with Crippen LogP contribution < -0.4 is 10.4 Å². The third kappa shape index (κ3) is 2.49. The summed E-state index contributed by atoms with van der Waals surface area (Å²) >= 11 is 0. The Kier molecular flexibility index (Phi) is 3.33. The number of hydrogen-bond acceptors (Lipinski definition) is 6. The van der Waals surface area contributed by atoms with E-state index in [9.17, 15) is 9.59 Å². The molecule has 0 spiro atoms. The Morgan fingerprint density at radius 1 is 1.00 bits per heavy atom. The van der Waals surface area contributed by atoms with Crippen molar-refractivity contribution in [2.45, 2.75) is 19.3 Å². The molecule has 0 unspecified atom stereocenters. The largest absolute Gasteiger partial charge is 0.426 e. The average molecular weight is 358 g/mol. The first kappa shape index (κ1) is 15.7. The molecule has 6 nitrogen and oxygen atoms in total. The number of benzene rings is 2. The molecular weight excluding hydrogens is 344 g/mol. The maximum absolute atomic E-state index is 12.2. The SMILES string of the molecule is Cc1cc(=O)oc2c3c(ccc12)OC(=O)C[C@@H]3c1ccc2nccnc2c1. The van der Waals surface area contributed by atoms with E-state index in [2.05, 4.69) is 9.97 Å². The van der Waals surface area contributed by atoms with E-state index < -0.39 is 5.63 Å². The molecule has 0 aliphatic carbocycles. The molecular formula is C21H14N2O4. The molecule has 0 N–H and O–H groups in total. The van der Waals surface area contributed by atoms with Gasteiger partial charge in [-0.3, -0.25) is 14.8 Å². The van der Waals surface area contributed by atoms with Crippen molar-refractivity contribution in [2.75, 3.05) is 0 Å². The fourth-order valence-electron chi connectivity index (χ4n) is 3.72. The minimum absolute atomic E-state index is 0.162. The minimum atomic E-state index is -0.423. The maximum atomic E-state index is 12.2. The number of hydrogen-bond donors (Lipinski definition) is 0. The van der Waals surface area contributed by atoms with Crippen molar-refractivity contribution in [3.63, 3.8) is 0 Å². The van der Waals surface area contributed by atoms with Crippen LogP contribution in [0.1, 0.15) is 29.0 Å². The van der Waals surface area contributed by atoms with Gasteiger partial charge in [-0.2, -0.15) is 0 Å². The summed E-state index contributed by atoms with van der Waals surface area (Å²) in [6, 6.07) is 10.8. The number of carbonyl (C=O) groups excluding carboxylic acids is 1. The number of aromatic nitrogens is 2. The summed E-state index contributed by atoms with van der Waals surface area (Å²) in [4.78, 5) is 32.8. The molecule has 6 heteroatoms. The van der Waals surface area contributed by atoms with Gasteiger partial charge in [0.2, 0.25) is 0 Å². The van der Waals surface area contributed by atoms with Gasteiger partial charge in [0, 0.05) is 35.3 Å². The molecule has 1 atom stereocenters. The van der Waals surface area contributed by atoms with Crippen molar-refractivity contribution in [3.8, 4) is 5.75 Å². The van der Waals surface area contributed by atoms with Gasteiger partial charge in [-0.05, 0) is 42.3 Å². The van der Waals surface area contributed by atoms with Crippen molar-refractivity contribution in [2.24, 2.45) is 0 Å². The molecule has 27 heavy (non-hydrogen) atoms. The van der Waals surface area contributed by atoms with Gasteiger partial charge in [0.05, 0.1) is 17.5 Å². The first-order chi connectivity index (χ1) is 13.1. The molecule has 2 aromatic carbocycles. The average Bonchev–Trinajstić information content (AvgIpc) is 2.66. The maximum Gasteiger partial charge on any atom is 0.336 e. The molecule has 2 aromatic heterocycles. The first-order valence-electron chi connectivity index (χ1n) is 8.59. The normalized spacial score (nSPS) is 16.3. The Morgan fingerprint density at radius 2 is 1.81 bits per heavy atom. The van der Waals surface area contributed by atoms with E-state index in [1.807, 2.05) is 31.2 Å². The fraction of sp³-hybridized carbons (Fsp3) is 0.143. The van der Waals surface area contributed by atoms with Crippen molar-refractivity contribution in [1.82, 2.24) is 9.97 Å². The first-order valence-corrected chi connectivity index (χ1v) is 8.59. The fourth-order valence-corrected chi connectivity index (χ4v) is 3.72. The second kappa shape index (κ2) is 5.74. The molecule has 0 saturated heterocycles. The lowest BCUT2D eigenvalue weighted by Gasteiger charge is -2.25. The number of aryl methyl sites for hydroxylation is 1. The summed E-state index contributed by atoms with van der Waals surface area (Å²) in [5.74, 6) is -0.181. The Hall–Kier alpha value is -3.54. The summed E-state index contributed by atoms with van der Waals surface area (Å²) in [6.45, 7) is 1.86. The van der Waals surface area contributed by atoms with Crippen LogP contribution in [0.15, 0.2) is 58.0 Å². The highest BCUT2D eigenvalue weighted by Gasteiger charge is 2.32. The van der Waals surface area contributed by atoms with E-state index in [0.29, 0.717) is 11.3 Å². The summed E-state index contributed by atoms with van der Waals surface area (Å²) in [6.07, 6.45) is 3.43. The van der Waals surface area contributed by atoms with E-state index in [-0.39, 0.29) is 18.3 Å². The van der Waals surface area contributed by atoms with Crippen molar-refractivity contribution < 1.29 is 13.9 Å². The zero-order valence-corrected chi connectivity index (χ0v) is 14.4. The molecule has 0 saturated carbocycles. The molecule has 0 radical (unpaired) electrons. The molecule has 132 valence electrons. The lowest BCUT2D eigenvalue weighted by Crippen LogP contribution is -2.21. The lowest BCUT2D eigenvalue weighted by molar-refractivity contribution is -0.135. The van der Waals surface area contributed by atoms with Crippen LogP contribution in [-0.4, -0.2) is 15.9 Å². The van der Waals surface area contributed by atoms with Gasteiger partial charge < -0.3 is 9.15 Å². The number of esters is 1. The van der Waals surface area contributed by atoms with Gasteiger partial charge in [-0.25, -0.2) is 4.79 Å². The Morgan fingerprint density at radius 3 is 2.67 bits per heavy atom. The second-order valence-electron chi connectivity index (χ2n) is 6.64. The predicted molar refractivity (Wildman–Crippen MR) is 98.9 cm³/mol. The van der Waals surface area contributed by atoms with Gasteiger partial charge in [0.25, 0.3) is 0 Å². The number of carbonyl (C=O) groups is 1. The smallest absolute Gasteiger partial charge is 0.336 e. The third-order valence-corrected chi connectivity index (χ3v) is 4.96. The van der Waals surface area contributed by atoms with Gasteiger partial charge in [0.15, 0.2) is 0 Å². The van der Waals surface area contributed by atoms with Crippen molar-refractivity contribution >= 4 is 28.0 Å². The van der Waals surface area contributed by atoms with Crippen LogP contribution in [0.3, 0.4) is 0 Å². The van der Waals surface area contributed by atoms with Gasteiger partial charge in [0.1, 0.15) is 11.3 Å². The van der Waals surface area contributed by atoms with Crippen LogP contribution in [0.25, 0.3) is 22.0 Å². The zero-order chi connectivity index (χ0) is 18.5. The standard InChI is InChI=1S/C21H14N2O4/c1-11-8-18(24)27-21-13(11)3-5-17-20(21)14(10-19(25)26-17)12-2-4-15-16(9-12)23-7-6-22-15/h2-9,14H,10H2,1H3/t14-/m1/s1. The monoisotopic (exact) mass is 358 g/mol. The number of nitrogens with zero attached hydrogens (tertiary/aromatic N) is 2. The summed E-state index contributed by atoms with van der Waals surface area (Å²) in [5.41, 5.74) is 4.01. The van der Waals surface area contributed by atoms with Crippen LogP contribution >= 0.6 is 0 Å². The van der Waals surface area contributed by atoms with Crippen molar-refractivity contribution in [3.05, 3.63) is 75.9 Å². The van der Waals surface area contributed by atoms with E-state index in [4.69, 9.17) is 9.15 Å². The van der Waals surface area contributed by atoms with E-state index in [1.165, 1.54) is 6.07 Å². The van der Waals surface area contributed by atoms with Crippen LogP contribution in [0, 0.1) is 6.92 Å². The van der Waals surface area contributed by atoms with E-state index in [0.717, 1.165) is 33.1 Å². The summed E-state index contributed by atoms with van der Waals surface area (Å²) in [7, 11) is 0. The topological polar surface area (TPSA) is 82.3 Å². The summed E-state index contributed by atoms with van der Waals surface area (Å²) in [5, 5.41) is 0.830. The predicted octanol–water partition coefficient (Wildman–Crippen LogP) is 3.49. The molecule has 5 rings (SSSR count). The van der Waals surface area contributed by atoms with Crippen LogP contribution in [0.2, 0.25) is 0 Å². The molecule has 3 heterocycles.